The highest BCUT2D eigenvalue weighted by Gasteiger charge is 2.37. The highest BCUT2D eigenvalue weighted by Crippen LogP contribution is 2.38. The molecule has 3 aliphatic rings. The zero-order chi connectivity index (χ0) is 30.5. The minimum absolute atomic E-state index is 0.0305. The quantitative estimate of drug-likeness (QED) is 0.273. The average Bonchev–Trinajstić information content (AvgIpc) is 3.75. The van der Waals surface area contributed by atoms with E-state index in [1.807, 2.05) is 105 Å². The molecule has 0 aliphatic carbocycles. The summed E-state index contributed by atoms with van der Waals surface area (Å²) in [5, 5.41) is 3.53. The number of fused-ring (bicyclic) bond motifs is 3. The van der Waals surface area contributed by atoms with E-state index in [0.717, 1.165) is 27.8 Å². The van der Waals surface area contributed by atoms with Crippen LogP contribution in [0.25, 0.3) is 11.0 Å². The van der Waals surface area contributed by atoms with Gasteiger partial charge in [-0.15, -0.1) is 0 Å². The number of hydrogen-bond donors (Lipinski definition) is 2. The topological polar surface area (TPSA) is 109 Å². The number of nitrogens with zero attached hydrogens (tertiary/aromatic N) is 3. The van der Waals surface area contributed by atoms with E-state index in [9.17, 15) is 14.4 Å². The van der Waals surface area contributed by atoms with Crippen LogP contribution in [-0.4, -0.2) is 51.0 Å². The van der Waals surface area contributed by atoms with Gasteiger partial charge in [-0.3, -0.25) is 14.2 Å². The lowest BCUT2D eigenvalue weighted by Gasteiger charge is -2.32. The zero-order valence-electron chi connectivity index (χ0n) is 24.4. The van der Waals surface area contributed by atoms with Gasteiger partial charge in [0.1, 0.15) is 6.17 Å². The second-order valence-corrected chi connectivity index (χ2v) is 11.7. The Balaban J connectivity index is 0.961. The molecule has 2 N–H and O–H groups in total. The number of likely N-dealkylation sites (tertiary alicyclic amines) is 1. The van der Waals surface area contributed by atoms with E-state index in [4.69, 9.17) is 9.47 Å². The third-order valence-corrected chi connectivity index (χ3v) is 9.02. The summed E-state index contributed by atoms with van der Waals surface area (Å²) in [5.74, 6) is 1.30. The Labute approximate surface area is 258 Å². The predicted octanol–water partition coefficient (Wildman–Crippen LogP) is 5.30. The number of imidazole rings is 1. The molecule has 1 aromatic heterocycles. The van der Waals surface area contributed by atoms with Crippen LogP contribution in [0, 0.1) is 0 Å². The van der Waals surface area contributed by atoms with E-state index in [-0.39, 0.29) is 36.5 Å². The van der Waals surface area contributed by atoms with Gasteiger partial charge < -0.3 is 29.6 Å². The Bertz CT molecular complexity index is 1990. The van der Waals surface area contributed by atoms with E-state index >= 15 is 0 Å². The van der Waals surface area contributed by atoms with Crippen molar-refractivity contribution >= 4 is 28.5 Å². The van der Waals surface area contributed by atoms with Gasteiger partial charge >= 0.3 is 5.69 Å². The molecule has 2 amide bonds. The number of carbonyl (C=O) groups excluding carboxylic acids is 2. The molecule has 5 aromatic rings. The Morgan fingerprint density at radius 1 is 0.867 bits per heavy atom. The summed E-state index contributed by atoms with van der Waals surface area (Å²) >= 11 is 0. The number of amides is 2. The van der Waals surface area contributed by atoms with Crippen molar-refractivity contribution in [1.82, 2.24) is 19.4 Å². The summed E-state index contributed by atoms with van der Waals surface area (Å²) < 4.78 is 12.8. The molecule has 10 nitrogen and oxygen atoms in total. The molecule has 8 rings (SSSR count). The van der Waals surface area contributed by atoms with Gasteiger partial charge in [0.15, 0.2) is 11.5 Å². The molecular weight excluding hydrogens is 570 g/mol. The first-order valence-electron chi connectivity index (χ1n) is 15.2. The molecule has 1 saturated heterocycles. The van der Waals surface area contributed by atoms with Crippen LogP contribution in [0.3, 0.4) is 0 Å². The van der Waals surface area contributed by atoms with E-state index in [1.165, 1.54) is 0 Å². The van der Waals surface area contributed by atoms with Gasteiger partial charge in [0.2, 0.25) is 6.79 Å². The van der Waals surface area contributed by atoms with Gasteiger partial charge in [-0.2, -0.15) is 0 Å². The van der Waals surface area contributed by atoms with E-state index in [1.54, 1.807) is 0 Å². The molecule has 0 spiro atoms. The van der Waals surface area contributed by atoms with Gasteiger partial charge in [-0.25, -0.2) is 4.79 Å². The lowest BCUT2D eigenvalue weighted by molar-refractivity contribution is 0.0694. The molecule has 226 valence electrons. The number of anilines is 1. The zero-order valence-corrected chi connectivity index (χ0v) is 24.4. The van der Waals surface area contributed by atoms with Crippen molar-refractivity contribution in [2.24, 2.45) is 0 Å². The monoisotopic (exact) mass is 601 g/mol. The summed E-state index contributed by atoms with van der Waals surface area (Å²) in [6.45, 7) is 1.73. The second-order valence-electron chi connectivity index (χ2n) is 11.7. The van der Waals surface area contributed by atoms with Crippen LogP contribution in [-0.2, 0) is 6.54 Å². The lowest BCUT2D eigenvalue weighted by Crippen LogP contribution is -2.40. The van der Waals surface area contributed by atoms with Gasteiger partial charge in [0.05, 0.1) is 11.0 Å². The molecule has 1 fully saturated rings. The molecule has 0 bridgehead atoms. The first kappa shape index (κ1) is 27.1. The van der Waals surface area contributed by atoms with Crippen molar-refractivity contribution in [2.45, 2.75) is 31.6 Å². The lowest BCUT2D eigenvalue weighted by atomic mass is 10.0. The normalized spacial score (nSPS) is 17.6. The summed E-state index contributed by atoms with van der Waals surface area (Å²) in [4.78, 5) is 46.2. The Morgan fingerprint density at radius 3 is 2.47 bits per heavy atom. The molecule has 3 aliphatic heterocycles. The van der Waals surface area contributed by atoms with Crippen molar-refractivity contribution in [3.63, 3.8) is 0 Å². The molecule has 45 heavy (non-hydrogen) atoms. The molecule has 0 radical (unpaired) electrons. The summed E-state index contributed by atoms with van der Waals surface area (Å²) in [6.07, 6.45) is 1.04. The highest BCUT2D eigenvalue weighted by molar-refractivity contribution is 5.99. The maximum Gasteiger partial charge on any atom is 0.326 e. The number of hydrogen-bond acceptors (Lipinski definition) is 6. The third-order valence-electron chi connectivity index (χ3n) is 9.02. The first-order chi connectivity index (χ1) is 22.0. The van der Waals surface area contributed by atoms with Crippen molar-refractivity contribution in [3.05, 3.63) is 124 Å². The maximum absolute atomic E-state index is 13.5. The molecule has 4 aromatic carbocycles. The van der Waals surface area contributed by atoms with Crippen molar-refractivity contribution in [3.8, 4) is 11.5 Å². The number of benzene rings is 4. The number of ether oxygens (including phenoxy) is 2. The van der Waals surface area contributed by atoms with E-state index < -0.39 is 0 Å². The van der Waals surface area contributed by atoms with Crippen molar-refractivity contribution < 1.29 is 19.1 Å². The molecule has 10 heteroatoms. The minimum atomic E-state index is -0.382. The van der Waals surface area contributed by atoms with Gasteiger partial charge in [-0.05, 0) is 73.0 Å². The first-order valence-corrected chi connectivity index (χ1v) is 15.2. The van der Waals surface area contributed by atoms with Gasteiger partial charge in [0, 0.05) is 48.1 Å². The second kappa shape index (κ2) is 10.9. The fraction of sp³-hybridized carbons (Fsp3) is 0.229. The number of H-pyrrole nitrogens is 1. The number of carbonyl (C=O) groups is 2. The molecule has 1 unspecified atom stereocenters. The fourth-order valence-corrected chi connectivity index (χ4v) is 6.74. The number of nitrogens with one attached hydrogen (secondary N) is 2. The van der Waals surface area contributed by atoms with Crippen molar-refractivity contribution in [1.29, 1.82) is 0 Å². The average molecular weight is 602 g/mol. The Kier molecular flexibility index (Phi) is 6.55. The Hall–Kier alpha value is -5.51. The molecule has 1 atom stereocenters. The van der Waals surface area contributed by atoms with Gasteiger partial charge in [0.25, 0.3) is 11.8 Å². The minimum Gasteiger partial charge on any atom is -0.454 e. The number of para-hydroxylation sites is 2. The number of piperidine rings is 1. The van der Waals surface area contributed by atoms with E-state index in [0.29, 0.717) is 55.1 Å². The smallest absolute Gasteiger partial charge is 0.326 e. The van der Waals surface area contributed by atoms with Crippen LogP contribution >= 0.6 is 0 Å². The van der Waals surface area contributed by atoms with Gasteiger partial charge in [-0.1, -0.05) is 36.4 Å². The van der Waals surface area contributed by atoms with Crippen LogP contribution in [0.5, 0.6) is 11.5 Å². The van der Waals surface area contributed by atoms with E-state index in [2.05, 4.69) is 10.3 Å². The SMILES string of the molecule is O=C(c1ccc(NC2c3ccccc3C(=O)N2Cc2ccc3c(c2)OCO3)cc1)N1CCC(n2c(=O)[nH]c3ccccc32)CC1. The number of rotatable bonds is 6. The number of aromatic amines is 1. The number of aromatic nitrogens is 2. The highest BCUT2D eigenvalue weighted by atomic mass is 16.7. The summed E-state index contributed by atoms with van der Waals surface area (Å²) in [7, 11) is 0. The summed E-state index contributed by atoms with van der Waals surface area (Å²) in [6, 6.07) is 28.5. The summed E-state index contributed by atoms with van der Waals surface area (Å²) in [5.41, 5.74) is 5.53. The molecule has 4 heterocycles. The third kappa shape index (κ3) is 4.79. The maximum atomic E-state index is 13.5. The standard InChI is InChI=1S/C35H31N5O5/c41-33(38-17-15-25(16-18-38)40-29-8-4-3-7-28(29)37-35(40)43)23-10-12-24(13-11-23)36-32-26-5-1-2-6-27(26)34(42)39(32)20-22-9-14-30-31(19-22)45-21-44-30/h1-14,19,25,32,36H,15-18,20-21H2,(H,37,43). The predicted molar refractivity (Wildman–Crippen MR) is 168 cm³/mol. The largest absolute Gasteiger partial charge is 0.454 e. The fourth-order valence-electron chi connectivity index (χ4n) is 6.74. The molecule has 0 saturated carbocycles. The molecular formula is C35H31N5O5. The van der Waals surface area contributed by atoms with Crippen LogP contribution in [0.4, 0.5) is 5.69 Å². The van der Waals surface area contributed by atoms with Crippen LogP contribution < -0.4 is 20.5 Å². The Morgan fingerprint density at radius 2 is 1.62 bits per heavy atom. The van der Waals surface area contributed by atoms with Crippen LogP contribution in [0.2, 0.25) is 0 Å². The van der Waals surface area contributed by atoms with Crippen molar-refractivity contribution in [2.75, 3.05) is 25.2 Å². The van der Waals surface area contributed by atoms with Crippen LogP contribution in [0.1, 0.15) is 56.9 Å². The van der Waals surface area contributed by atoms with Crippen LogP contribution in [0.15, 0.2) is 95.8 Å².